The molecule has 8 heteroatoms. The Labute approximate surface area is 119 Å². The van der Waals surface area contributed by atoms with Crippen LogP contribution in [0, 0.1) is 12.8 Å². The molecule has 0 aromatic carbocycles. The zero-order chi connectivity index (χ0) is 15.6. The molecule has 1 N–H and O–H groups in total. The van der Waals surface area contributed by atoms with Crippen LogP contribution in [0.15, 0.2) is 15.8 Å². The van der Waals surface area contributed by atoms with Crippen LogP contribution in [0.1, 0.15) is 25.1 Å². The molecule has 0 radical (unpaired) electrons. The number of esters is 1. The number of aromatic amines is 1. The van der Waals surface area contributed by atoms with Crippen LogP contribution in [0.4, 0.5) is 4.39 Å². The lowest BCUT2D eigenvalue weighted by Gasteiger charge is -2.22. The van der Waals surface area contributed by atoms with Gasteiger partial charge in [-0.2, -0.15) is 0 Å². The number of halogens is 1. The van der Waals surface area contributed by atoms with Crippen molar-refractivity contribution in [3.8, 4) is 0 Å². The third kappa shape index (κ3) is 3.05. The first-order chi connectivity index (χ1) is 9.95. The van der Waals surface area contributed by atoms with Gasteiger partial charge in [0, 0.05) is 24.3 Å². The summed E-state index contributed by atoms with van der Waals surface area (Å²) in [7, 11) is 0. The van der Waals surface area contributed by atoms with Crippen LogP contribution in [-0.2, 0) is 14.3 Å². The summed E-state index contributed by atoms with van der Waals surface area (Å²) in [5.74, 6) is -1.79. The van der Waals surface area contributed by atoms with Crippen LogP contribution in [0.2, 0.25) is 0 Å². The highest BCUT2D eigenvalue weighted by Crippen LogP contribution is 2.33. The average molecular weight is 300 g/mol. The van der Waals surface area contributed by atoms with Gasteiger partial charge < -0.3 is 9.47 Å². The van der Waals surface area contributed by atoms with Crippen molar-refractivity contribution in [2.45, 2.75) is 32.7 Å². The molecule has 0 aliphatic carbocycles. The second kappa shape index (κ2) is 6.21. The molecular weight excluding hydrogens is 283 g/mol. The Morgan fingerprint density at radius 3 is 3.00 bits per heavy atom. The zero-order valence-corrected chi connectivity index (χ0v) is 11.8. The lowest BCUT2D eigenvalue weighted by molar-refractivity contribution is -0.153. The lowest BCUT2D eigenvalue weighted by Crippen LogP contribution is -2.38. The van der Waals surface area contributed by atoms with Gasteiger partial charge in [0.25, 0.3) is 5.56 Å². The Kier molecular flexibility index (Phi) is 4.56. The molecule has 116 valence electrons. The molecule has 2 rings (SSSR count). The van der Waals surface area contributed by atoms with Crippen LogP contribution in [-0.4, -0.2) is 34.9 Å². The highest BCUT2D eigenvalue weighted by Gasteiger charge is 2.41. The lowest BCUT2D eigenvalue weighted by atomic mass is 10.00. The second-order valence-electron chi connectivity index (χ2n) is 4.85. The topological polar surface area (TPSA) is 90.4 Å². The van der Waals surface area contributed by atoms with Crippen LogP contribution in [0.5, 0.6) is 0 Å². The molecule has 1 aliphatic rings. The first-order valence-electron chi connectivity index (χ1n) is 6.70. The second-order valence-corrected chi connectivity index (χ2v) is 4.85. The molecule has 2 heterocycles. The molecule has 7 nitrogen and oxygen atoms in total. The van der Waals surface area contributed by atoms with Gasteiger partial charge in [-0.1, -0.05) is 0 Å². The van der Waals surface area contributed by atoms with Gasteiger partial charge in [0.2, 0.25) is 6.17 Å². The van der Waals surface area contributed by atoms with Gasteiger partial charge in [-0.05, 0) is 20.3 Å². The van der Waals surface area contributed by atoms with Crippen LogP contribution >= 0.6 is 0 Å². The molecule has 0 spiro atoms. The molecule has 1 aliphatic heterocycles. The van der Waals surface area contributed by atoms with Crippen molar-refractivity contribution < 1.29 is 18.7 Å². The fourth-order valence-electron chi connectivity index (χ4n) is 2.34. The largest absolute Gasteiger partial charge is 0.464 e. The number of nitrogens with zero attached hydrogens (tertiary/aromatic N) is 1. The third-order valence-electron chi connectivity index (χ3n) is 3.41. The Morgan fingerprint density at radius 2 is 2.33 bits per heavy atom. The Bertz CT molecular complexity index is 638. The maximum atomic E-state index is 14.2. The molecule has 1 fully saturated rings. The number of hydrogen-bond donors (Lipinski definition) is 1. The normalized spacial score (nSPS) is 23.0. The number of nitrogens with one attached hydrogen (secondary N) is 1. The van der Waals surface area contributed by atoms with Crippen molar-refractivity contribution in [1.29, 1.82) is 0 Å². The molecule has 3 atom stereocenters. The van der Waals surface area contributed by atoms with Gasteiger partial charge >= 0.3 is 11.7 Å². The molecule has 0 amide bonds. The quantitative estimate of drug-likeness (QED) is 0.807. The molecule has 0 saturated carbocycles. The molecule has 2 unspecified atom stereocenters. The van der Waals surface area contributed by atoms with Gasteiger partial charge in [-0.25, -0.2) is 14.0 Å². The van der Waals surface area contributed by atoms with E-state index in [1.165, 1.54) is 13.1 Å². The molecular formula is C13H17FN2O5. The minimum Gasteiger partial charge on any atom is -0.464 e. The number of carbonyl (C=O) groups is 1. The van der Waals surface area contributed by atoms with E-state index < -0.39 is 35.5 Å². The first-order valence-corrected chi connectivity index (χ1v) is 6.70. The summed E-state index contributed by atoms with van der Waals surface area (Å²) >= 11 is 0. The number of ether oxygens (including phenoxy) is 2. The predicted octanol–water partition coefficient (Wildman–Crippen LogP) is 0.281. The van der Waals surface area contributed by atoms with Gasteiger partial charge in [0.05, 0.1) is 6.61 Å². The molecule has 1 saturated heterocycles. The monoisotopic (exact) mass is 300 g/mol. The fraction of sp³-hybridized carbons (Fsp3) is 0.615. The summed E-state index contributed by atoms with van der Waals surface area (Å²) in [6.07, 6.45) is -1.22. The number of rotatable bonds is 4. The number of hydrogen-bond acceptors (Lipinski definition) is 5. The summed E-state index contributed by atoms with van der Waals surface area (Å²) in [4.78, 5) is 36.8. The van der Waals surface area contributed by atoms with E-state index in [4.69, 9.17) is 4.74 Å². The number of alkyl halides is 1. The molecule has 1 aromatic heterocycles. The van der Waals surface area contributed by atoms with Crippen molar-refractivity contribution in [3.63, 3.8) is 0 Å². The summed E-state index contributed by atoms with van der Waals surface area (Å²) in [5, 5.41) is 0. The van der Waals surface area contributed by atoms with E-state index in [0.717, 1.165) is 4.57 Å². The van der Waals surface area contributed by atoms with Crippen molar-refractivity contribution in [1.82, 2.24) is 9.55 Å². The van der Waals surface area contributed by atoms with E-state index in [9.17, 15) is 18.8 Å². The summed E-state index contributed by atoms with van der Waals surface area (Å²) in [6, 6.07) is 0. The standard InChI is InChI=1S/C13H17FN2O5/c1-3-20-12(18)9(14)8-4-5-21-11(8)16-6-7(2)10(17)15-13(16)19/h6,8-9,11H,3-5H2,1-2H3,(H,15,17,19)/t8-,9?,11?/m0/s1. The third-order valence-corrected chi connectivity index (χ3v) is 3.41. The molecule has 1 aromatic rings. The Balaban J connectivity index is 2.31. The first kappa shape index (κ1) is 15.4. The number of aromatic nitrogens is 2. The van der Waals surface area contributed by atoms with E-state index in [0.29, 0.717) is 5.56 Å². The molecule has 0 bridgehead atoms. The Morgan fingerprint density at radius 1 is 1.62 bits per heavy atom. The summed E-state index contributed by atoms with van der Waals surface area (Å²) in [6.45, 7) is 3.41. The van der Waals surface area contributed by atoms with Gasteiger partial charge in [-0.15, -0.1) is 0 Å². The smallest absolute Gasteiger partial charge is 0.341 e. The van der Waals surface area contributed by atoms with E-state index in [1.54, 1.807) is 6.92 Å². The van der Waals surface area contributed by atoms with Crippen LogP contribution in [0.3, 0.4) is 0 Å². The van der Waals surface area contributed by atoms with Crippen molar-refractivity contribution in [2.75, 3.05) is 13.2 Å². The predicted molar refractivity (Wildman–Crippen MR) is 70.7 cm³/mol. The number of aryl methyl sites for hydroxylation is 1. The highest BCUT2D eigenvalue weighted by atomic mass is 19.1. The van der Waals surface area contributed by atoms with Crippen molar-refractivity contribution in [2.24, 2.45) is 5.92 Å². The zero-order valence-electron chi connectivity index (χ0n) is 11.8. The maximum Gasteiger partial charge on any atom is 0.341 e. The van der Waals surface area contributed by atoms with E-state index in [1.807, 2.05) is 0 Å². The Hall–Kier alpha value is -1.96. The maximum absolute atomic E-state index is 14.2. The van der Waals surface area contributed by atoms with Gasteiger partial charge in [-0.3, -0.25) is 14.3 Å². The SMILES string of the molecule is CCOC(=O)C(F)[C@@H]1CCOC1n1cc(C)c(=O)[nH]c1=O. The summed E-state index contributed by atoms with van der Waals surface area (Å²) < 4.78 is 25.3. The number of carbonyl (C=O) groups excluding carboxylic acids is 1. The highest BCUT2D eigenvalue weighted by molar-refractivity contribution is 5.75. The minimum absolute atomic E-state index is 0.0786. The van der Waals surface area contributed by atoms with E-state index in [-0.39, 0.29) is 19.6 Å². The van der Waals surface area contributed by atoms with Crippen molar-refractivity contribution in [3.05, 3.63) is 32.6 Å². The van der Waals surface area contributed by atoms with Crippen LogP contribution < -0.4 is 11.2 Å². The molecule has 21 heavy (non-hydrogen) atoms. The van der Waals surface area contributed by atoms with Crippen molar-refractivity contribution >= 4 is 5.97 Å². The van der Waals surface area contributed by atoms with E-state index >= 15 is 0 Å². The minimum atomic E-state index is -1.88. The van der Waals surface area contributed by atoms with E-state index in [2.05, 4.69) is 9.72 Å². The summed E-state index contributed by atoms with van der Waals surface area (Å²) in [5.41, 5.74) is -0.901. The van der Waals surface area contributed by atoms with Gasteiger partial charge in [0.1, 0.15) is 6.23 Å². The fourth-order valence-corrected chi connectivity index (χ4v) is 2.34. The number of H-pyrrole nitrogens is 1. The van der Waals surface area contributed by atoms with Crippen LogP contribution in [0.25, 0.3) is 0 Å². The average Bonchev–Trinajstić information content (AvgIpc) is 2.91. The van der Waals surface area contributed by atoms with Gasteiger partial charge in [0.15, 0.2) is 0 Å².